The van der Waals surface area contributed by atoms with Crippen LogP contribution in [0.3, 0.4) is 0 Å². The number of rotatable bonds is 5. The Labute approximate surface area is 162 Å². The molecule has 2 aliphatic rings. The van der Waals surface area contributed by atoms with Crippen LogP contribution in [0.4, 0.5) is 17.5 Å². The van der Waals surface area contributed by atoms with E-state index in [0.29, 0.717) is 30.4 Å². The van der Waals surface area contributed by atoms with Crippen molar-refractivity contribution in [3.63, 3.8) is 0 Å². The highest BCUT2D eigenvalue weighted by molar-refractivity contribution is 6.01. The number of hydrogen-bond acceptors (Lipinski definition) is 7. The molecule has 0 bridgehead atoms. The summed E-state index contributed by atoms with van der Waals surface area (Å²) in [7, 11) is 0. The van der Waals surface area contributed by atoms with Gasteiger partial charge in [0.25, 0.3) is 0 Å². The van der Waals surface area contributed by atoms with Crippen molar-refractivity contribution in [3.8, 4) is 12.1 Å². The van der Waals surface area contributed by atoms with Crippen molar-refractivity contribution in [3.05, 3.63) is 24.7 Å². The fraction of sp³-hybridized carbons (Fsp3) is 0.474. The third-order valence-electron chi connectivity index (χ3n) is 5.43. The summed E-state index contributed by atoms with van der Waals surface area (Å²) in [5.41, 5.74) is -1.03. The summed E-state index contributed by atoms with van der Waals surface area (Å²) in [5, 5.41) is 26.1. The van der Waals surface area contributed by atoms with Crippen LogP contribution in [-0.4, -0.2) is 32.2 Å². The number of hydrogen-bond donors (Lipinski definition) is 1. The fourth-order valence-corrected chi connectivity index (χ4v) is 3.54. The molecule has 1 saturated heterocycles. The van der Waals surface area contributed by atoms with E-state index in [4.69, 9.17) is 0 Å². The second kappa shape index (κ2) is 6.31. The minimum Gasteiger partial charge on any atom is -0.321 e. The molecule has 142 valence electrons. The van der Waals surface area contributed by atoms with Gasteiger partial charge in [-0.05, 0) is 45.1 Å². The number of nitrogens with zero attached hydrogens (tertiary/aromatic N) is 7. The van der Waals surface area contributed by atoms with Gasteiger partial charge in [0.1, 0.15) is 16.8 Å². The highest BCUT2D eigenvalue weighted by Crippen LogP contribution is 2.51. The molecule has 0 radical (unpaired) electrons. The van der Waals surface area contributed by atoms with E-state index < -0.39 is 11.0 Å². The Hall–Kier alpha value is -3.46. The van der Waals surface area contributed by atoms with E-state index in [9.17, 15) is 15.3 Å². The van der Waals surface area contributed by atoms with Gasteiger partial charge in [-0.1, -0.05) is 0 Å². The maximum Gasteiger partial charge on any atom is 0.248 e. The lowest BCUT2D eigenvalue weighted by molar-refractivity contribution is -0.123. The standard InChI is InChI=1S/C19H20N8O/c1-18(2,11-20)27-10-14(9-23-27)24-17-22-7-5-15(25-17)26-8-6-19(12-21,16(26)28)13-3-4-13/h5,7,9-10,13H,3-4,6,8H2,1-2H3,(H,22,24,25)/t19-/m1/s1. The van der Waals surface area contributed by atoms with Gasteiger partial charge in [0, 0.05) is 12.7 Å². The smallest absolute Gasteiger partial charge is 0.248 e. The molecule has 2 fully saturated rings. The zero-order valence-corrected chi connectivity index (χ0v) is 15.8. The van der Waals surface area contributed by atoms with Crippen LogP contribution in [0.1, 0.15) is 33.1 Å². The van der Waals surface area contributed by atoms with Crippen LogP contribution in [0.5, 0.6) is 0 Å². The van der Waals surface area contributed by atoms with Gasteiger partial charge in [-0.25, -0.2) is 4.98 Å². The lowest BCUT2D eigenvalue weighted by Gasteiger charge is -2.20. The van der Waals surface area contributed by atoms with E-state index in [2.05, 4.69) is 32.5 Å². The number of aromatic nitrogens is 4. The molecular weight excluding hydrogens is 356 g/mol. The molecular formula is C19H20N8O. The van der Waals surface area contributed by atoms with Gasteiger partial charge in [0.05, 0.1) is 30.2 Å². The number of anilines is 3. The molecule has 1 aliphatic heterocycles. The second-order valence-electron chi connectivity index (χ2n) is 7.77. The molecule has 0 spiro atoms. The summed E-state index contributed by atoms with van der Waals surface area (Å²) in [6, 6.07) is 6.13. The third kappa shape index (κ3) is 2.85. The third-order valence-corrected chi connectivity index (χ3v) is 5.43. The average Bonchev–Trinajstić information content (AvgIpc) is 3.34. The Balaban J connectivity index is 1.54. The summed E-state index contributed by atoms with van der Waals surface area (Å²) < 4.78 is 1.56. The number of carbonyl (C=O) groups excluding carboxylic acids is 1. The molecule has 9 nitrogen and oxygen atoms in total. The van der Waals surface area contributed by atoms with Crippen LogP contribution < -0.4 is 10.2 Å². The van der Waals surface area contributed by atoms with Gasteiger partial charge in [-0.15, -0.1) is 0 Å². The van der Waals surface area contributed by atoms with Gasteiger partial charge in [0.15, 0.2) is 0 Å². The number of carbonyl (C=O) groups is 1. The highest BCUT2D eigenvalue weighted by atomic mass is 16.2. The minimum absolute atomic E-state index is 0.161. The first-order valence-corrected chi connectivity index (χ1v) is 9.19. The van der Waals surface area contributed by atoms with Crippen molar-refractivity contribution in [1.82, 2.24) is 19.7 Å². The molecule has 4 rings (SSSR count). The van der Waals surface area contributed by atoms with Crippen LogP contribution in [0.2, 0.25) is 0 Å². The largest absolute Gasteiger partial charge is 0.321 e. The molecule has 1 aliphatic carbocycles. The Morgan fingerprint density at radius 1 is 1.36 bits per heavy atom. The van der Waals surface area contributed by atoms with Crippen molar-refractivity contribution in [1.29, 1.82) is 10.5 Å². The number of amides is 1. The normalized spacial score (nSPS) is 22.0. The monoisotopic (exact) mass is 376 g/mol. The maximum absolute atomic E-state index is 12.9. The summed E-state index contributed by atoms with van der Waals surface area (Å²) in [6.45, 7) is 4.01. The van der Waals surface area contributed by atoms with Gasteiger partial charge in [0.2, 0.25) is 11.9 Å². The van der Waals surface area contributed by atoms with E-state index in [-0.39, 0.29) is 11.8 Å². The quantitative estimate of drug-likeness (QED) is 0.849. The number of nitriles is 2. The molecule has 1 saturated carbocycles. The molecule has 1 N–H and O–H groups in total. The topological polar surface area (TPSA) is 124 Å². The molecule has 1 amide bonds. The summed E-state index contributed by atoms with van der Waals surface area (Å²) in [6.07, 6.45) is 7.28. The average molecular weight is 376 g/mol. The summed E-state index contributed by atoms with van der Waals surface area (Å²) in [4.78, 5) is 23.2. The second-order valence-corrected chi connectivity index (χ2v) is 7.77. The minimum atomic E-state index is -0.900. The van der Waals surface area contributed by atoms with Gasteiger partial charge in [-0.2, -0.15) is 20.6 Å². The Morgan fingerprint density at radius 3 is 2.82 bits per heavy atom. The maximum atomic E-state index is 12.9. The zero-order valence-electron chi connectivity index (χ0n) is 15.8. The van der Waals surface area contributed by atoms with Crippen molar-refractivity contribution in [2.45, 2.75) is 38.6 Å². The predicted octanol–water partition coefficient (Wildman–Crippen LogP) is 2.33. The molecule has 0 unspecified atom stereocenters. The Morgan fingerprint density at radius 2 is 2.14 bits per heavy atom. The van der Waals surface area contributed by atoms with Crippen LogP contribution in [0, 0.1) is 34.0 Å². The molecule has 9 heteroatoms. The first kappa shape index (κ1) is 17.9. The van der Waals surface area contributed by atoms with E-state index in [1.165, 1.54) is 0 Å². The zero-order chi connectivity index (χ0) is 19.9. The van der Waals surface area contributed by atoms with Gasteiger partial charge >= 0.3 is 0 Å². The first-order valence-electron chi connectivity index (χ1n) is 9.19. The van der Waals surface area contributed by atoms with Gasteiger partial charge < -0.3 is 5.32 Å². The van der Waals surface area contributed by atoms with E-state index >= 15 is 0 Å². The number of nitrogens with one attached hydrogen (secondary N) is 1. The van der Waals surface area contributed by atoms with Gasteiger partial charge in [-0.3, -0.25) is 14.4 Å². The molecule has 0 aromatic carbocycles. The van der Waals surface area contributed by atoms with Crippen molar-refractivity contribution in [2.24, 2.45) is 11.3 Å². The molecule has 3 heterocycles. The summed E-state index contributed by atoms with van der Waals surface area (Å²) in [5.74, 6) is 0.806. The highest BCUT2D eigenvalue weighted by Gasteiger charge is 2.57. The lowest BCUT2D eigenvalue weighted by atomic mass is 9.83. The molecule has 2 aromatic heterocycles. The van der Waals surface area contributed by atoms with Crippen molar-refractivity contribution in [2.75, 3.05) is 16.8 Å². The van der Waals surface area contributed by atoms with Crippen LogP contribution in [0.25, 0.3) is 0 Å². The van der Waals surface area contributed by atoms with E-state index in [1.54, 1.807) is 48.1 Å². The van der Waals surface area contributed by atoms with Crippen molar-refractivity contribution < 1.29 is 4.79 Å². The SMILES string of the molecule is CC(C)(C#N)n1cc(Nc2nccc(N3CC[C@@](C#N)(C4CC4)C3=O)n2)cn1. The molecule has 28 heavy (non-hydrogen) atoms. The van der Waals surface area contributed by atoms with Crippen LogP contribution >= 0.6 is 0 Å². The van der Waals surface area contributed by atoms with Crippen molar-refractivity contribution >= 4 is 23.4 Å². The molecule has 2 aromatic rings. The van der Waals surface area contributed by atoms with E-state index in [1.807, 2.05) is 0 Å². The van der Waals surface area contributed by atoms with Crippen LogP contribution in [-0.2, 0) is 10.3 Å². The van der Waals surface area contributed by atoms with Crippen LogP contribution in [0.15, 0.2) is 24.7 Å². The first-order chi connectivity index (χ1) is 13.4. The Kier molecular flexibility index (Phi) is 4.04. The fourth-order valence-electron chi connectivity index (χ4n) is 3.54. The Bertz CT molecular complexity index is 1010. The van der Waals surface area contributed by atoms with E-state index in [0.717, 1.165) is 12.8 Å². The predicted molar refractivity (Wildman–Crippen MR) is 100 cm³/mol. The molecule has 1 atom stereocenters. The summed E-state index contributed by atoms with van der Waals surface area (Å²) >= 11 is 0. The lowest BCUT2D eigenvalue weighted by Crippen LogP contribution is -2.35.